The monoisotopic (exact) mass is 261 g/mol. The normalized spacial score (nSPS) is 12.4. The van der Waals surface area contributed by atoms with E-state index in [9.17, 15) is 8.78 Å². The maximum Gasteiger partial charge on any atom is 0.123 e. The van der Waals surface area contributed by atoms with Gasteiger partial charge in [0, 0.05) is 6.04 Å². The van der Waals surface area contributed by atoms with E-state index in [0.717, 1.165) is 23.1 Å². The highest BCUT2D eigenvalue weighted by Gasteiger charge is 2.12. The van der Waals surface area contributed by atoms with Gasteiger partial charge in [0.25, 0.3) is 0 Å². The molecule has 19 heavy (non-hydrogen) atoms. The van der Waals surface area contributed by atoms with Gasteiger partial charge in [-0.15, -0.1) is 0 Å². The SMILES string of the molecule is CNC(Cc1ccc(F)cc1C)c1ccc(F)cc1. The minimum atomic E-state index is -0.239. The number of nitrogens with one attached hydrogen (secondary N) is 1. The second-order valence-corrected chi connectivity index (χ2v) is 4.67. The molecule has 0 spiro atoms. The molecule has 1 unspecified atom stereocenters. The molecule has 0 bridgehead atoms. The number of hydrogen-bond donors (Lipinski definition) is 1. The van der Waals surface area contributed by atoms with E-state index in [1.807, 2.05) is 14.0 Å². The van der Waals surface area contributed by atoms with Crippen LogP contribution in [0, 0.1) is 18.6 Å². The van der Waals surface area contributed by atoms with Crippen molar-refractivity contribution in [2.75, 3.05) is 7.05 Å². The summed E-state index contributed by atoms with van der Waals surface area (Å²) in [5.41, 5.74) is 3.04. The third-order valence-electron chi connectivity index (χ3n) is 3.35. The van der Waals surface area contributed by atoms with Crippen LogP contribution >= 0.6 is 0 Å². The Morgan fingerprint density at radius 2 is 1.63 bits per heavy atom. The van der Waals surface area contributed by atoms with Crippen molar-refractivity contribution in [2.24, 2.45) is 0 Å². The van der Waals surface area contributed by atoms with Crippen molar-refractivity contribution in [3.63, 3.8) is 0 Å². The number of rotatable bonds is 4. The fourth-order valence-corrected chi connectivity index (χ4v) is 2.19. The van der Waals surface area contributed by atoms with Crippen LogP contribution in [0.25, 0.3) is 0 Å². The van der Waals surface area contributed by atoms with E-state index in [1.54, 1.807) is 18.2 Å². The molecule has 3 heteroatoms. The van der Waals surface area contributed by atoms with E-state index in [2.05, 4.69) is 5.32 Å². The Labute approximate surface area is 112 Å². The highest BCUT2D eigenvalue weighted by Crippen LogP contribution is 2.21. The third kappa shape index (κ3) is 3.38. The molecule has 0 aromatic heterocycles. The molecule has 1 atom stereocenters. The average molecular weight is 261 g/mol. The van der Waals surface area contributed by atoms with Crippen molar-refractivity contribution in [1.29, 1.82) is 0 Å². The van der Waals surface area contributed by atoms with Gasteiger partial charge >= 0.3 is 0 Å². The van der Waals surface area contributed by atoms with Crippen molar-refractivity contribution in [3.8, 4) is 0 Å². The van der Waals surface area contributed by atoms with Crippen LogP contribution in [0.2, 0.25) is 0 Å². The molecule has 1 N–H and O–H groups in total. The molecule has 0 aliphatic carbocycles. The number of aryl methyl sites for hydroxylation is 1. The van der Waals surface area contributed by atoms with Crippen LogP contribution in [0.15, 0.2) is 42.5 Å². The molecule has 2 aromatic rings. The Kier molecular flexibility index (Phi) is 4.27. The van der Waals surface area contributed by atoms with Crippen LogP contribution in [-0.2, 0) is 6.42 Å². The van der Waals surface area contributed by atoms with Crippen LogP contribution in [0.3, 0.4) is 0 Å². The zero-order chi connectivity index (χ0) is 13.8. The van der Waals surface area contributed by atoms with Gasteiger partial charge in [0.15, 0.2) is 0 Å². The quantitative estimate of drug-likeness (QED) is 0.883. The molecule has 0 amide bonds. The molecular formula is C16H17F2N. The predicted octanol–water partition coefficient (Wildman–Crippen LogP) is 3.78. The van der Waals surface area contributed by atoms with E-state index < -0.39 is 0 Å². The number of hydrogen-bond acceptors (Lipinski definition) is 1. The zero-order valence-electron chi connectivity index (χ0n) is 11.1. The zero-order valence-corrected chi connectivity index (χ0v) is 11.1. The van der Waals surface area contributed by atoms with Crippen LogP contribution in [0.4, 0.5) is 8.78 Å². The van der Waals surface area contributed by atoms with Crippen molar-refractivity contribution in [1.82, 2.24) is 5.32 Å². The van der Waals surface area contributed by atoms with E-state index >= 15 is 0 Å². The molecular weight excluding hydrogens is 244 g/mol. The Morgan fingerprint density at radius 3 is 2.21 bits per heavy atom. The molecule has 0 aliphatic rings. The summed E-state index contributed by atoms with van der Waals surface area (Å²) in [6, 6.07) is 11.4. The van der Waals surface area contributed by atoms with Gasteiger partial charge in [-0.25, -0.2) is 8.78 Å². The summed E-state index contributed by atoms with van der Waals surface area (Å²) in [5.74, 6) is -0.458. The minimum absolute atomic E-state index is 0.0877. The Morgan fingerprint density at radius 1 is 1.00 bits per heavy atom. The van der Waals surface area contributed by atoms with Gasteiger partial charge < -0.3 is 5.32 Å². The van der Waals surface area contributed by atoms with Crippen molar-refractivity contribution < 1.29 is 8.78 Å². The van der Waals surface area contributed by atoms with Crippen molar-refractivity contribution in [2.45, 2.75) is 19.4 Å². The highest BCUT2D eigenvalue weighted by molar-refractivity contribution is 5.30. The van der Waals surface area contributed by atoms with Crippen LogP contribution < -0.4 is 5.32 Å². The molecule has 100 valence electrons. The number of halogens is 2. The van der Waals surface area contributed by atoms with Crippen molar-refractivity contribution in [3.05, 3.63) is 70.8 Å². The Bertz CT molecular complexity index is 549. The first-order chi connectivity index (χ1) is 9.10. The van der Waals surface area contributed by atoms with E-state index in [-0.39, 0.29) is 17.7 Å². The summed E-state index contributed by atoms with van der Waals surface area (Å²) in [6.45, 7) is 1.90. The smallest absolute Gasteiger partial charge is 0.123 e. The summed E-state index contributed by atoms with van der Waals surface area (Å²) in [6.07, 6.45) is 0.744. The maximum absolute atomic E-state index is 13.1. The summed E-state index contributed by atoms with van der Waals surface area (Å²) in [4.78, 5) is 0. The third-order valence-corrected chi connectivity index (χ3v) is 3.35. The summed E-state index contributed by atoms with van der Waals surface area (Å²) >= 11 is 0. The number of likely N-dealkylation sites (N-methyl/N-ethyl adjacent to an activating group) is 1. The van der Waals surface area contributed by atoms with E-state index in [1.165, 1.54) is 24.3 Å². The maximum atomic E-state index is 13.1. The first kappa shape index (κ1) is 13.7. The second-order valence-electron chi connectivity index (χ2n) is 4.67. The minimum Gasteiger partial charge on any atom is -0.313 e. The summed E-state index contributed by atoms with van der Waals surface area (Å²) in [7, 11) is 1.87. The molecule has 0 heterocycles. The van der Waals surface area contributed by atoms with Gasteiger partial charge in [-0.3, -0.25) is 0 Å². The lowest BCUT2D eigenvalue weighted by molar-refractivity contribution is 0.582. The molecule has 0 saturated heterocycles. The van der Waals surface area contributed by atoms with Gasteiger partial charge in [-0.1, -0.05) is 18.2 Å². The molecule has 0 aliphatic heterocycles. The van der Waals surface area contributed by atoms with Gasteiger partial charge in [-0.2, -0.15) is 0 Å². The molecule has 0 saturated carbocycles. The van der Waals surface area contributed by atoms with E-state index in [4.69, 9.17) is 0 Å². The lowest BCUT2D eigenvalue weighted by Crippen LogP contribution is -2.19. The Hall–Kier alpha value is -1.74. The number of benzene rings is 2. The average Bonchev–Trinajstić information content (AvgIpc) is 2.39. The predicted molar refractivity (Wildman–Crippen MR) is 73.0 cm³/mol. The molecule has 2 aromatic carbocycles. The second kappa shape index (κ2) is 5.93. The highest BCUT2D eigenvalue weighted by atomic mass is 19.1. The first-order valence-electron chi connectivity index (χ1n) is 6.28. The standard InChI is InChI=1S/C16H17F2N/c1-11-9-15(18)8-5-13(11)10-16(19-2)12-3-6-14(17)7-4-12/h3-9,16,19H,10H2,1-2H3. The molecule has 0 fully saturated rings. The molecule has 2 rings (SSSR count). The molecule has 1 nitrogen and oxygen atoms in total. The Balaban J connectivity index is 2.21. The van der Waals surface area contributed by atoms with E-state index in [0.29, 0.717) is 0 Å². The van der Waals surface area contributed by atoms with Gasteiger partial charge in [0.2, 0.25) is 0 Å². The fraction of sp³-hybridized carbons (Fsp3) is 0.250. The fourth-order valence-electron chi connectivity index (χ4n) is 2.19. The first-order valence-corrected chi connectivity index (χ1v) is 6.28. The lowest BCUT2D eigenvalue weighted by atomic mass is 9.96. The lowest BCUT2D eigenvalue weighted by Gasteiger charge is -2.18. The van der Waals surface area contributed by atoms with Gasteiger partial charge in [0.1, 0.15) is 11.6 Å². The largest absolute Gasteiger partial charge is 0.313 e. The van der Waals surface area contributed by atoms with Crippen LogP contribution in [-0.4, -0.2) is 7.05 Å². The van der Waals surface area contributed by atoms with Crippen LogP contribution in [0.1, 0.15) is 22.7 Å². The van der Waals surface area contributed by atoms with Gasteiger partial charge in [-0.05, 0) is 61.3 Å². The summed E-state index contributed by atoms with van der Waals surface area (Å²) < 4.78 is 26.0. The summed E-state index contributed by atoms with van der Waals surface area (Å²) in [5, 5.41) is 3.21. The van der Waals surface area contributed by atoms with Crippen molar-refractivity contribution >= 4 is 0 Å². The molecule has 0 radical (unpaired) electrons. The van der Waals surface area contributed by atoms with Gasteiger partial charge in [0.05, 0.1) is 0 Å². The van der Waals surface area contributed by atoms with Crippen LogP contribution in [0.5, 0.6) is 0 Å². The topological polar surface area (TPSA) is 12.0 Å².